The number of nitrogens with one attached hydrogen (secondary N) is 1. The molecule has 0 radical (unpaired) electrons. The van der Waals surface area contributed by atoms with Crippen LogP contribution in [0.15, 0.2) is 10.7 Å². The van der Waals surface area contributed by atoms with Gasteiger partial charge in [0.2, 0.25) is 0 Å². The Balaban J connectivity index is 2.36. The Morgan fingerprint density at radius 2 is 2.29 bits per heavy atom. The zero-order chi connectivity index (χ0) is 15.4. The molecule has 0 aliphatic rings. The highest BCUT2D eigenvalue weighted by Crippen LogP contribution is 2.31. The van der Waals surface area contributed by atoms with Crippen molar-refractivity contribution < 1.29 is 0 Å². The Bertz CT molecular complexity index is 580. The quantitative estimate of drug-likeness (QED) is 0.559. The smallest absolute Gasteiger partial charge is 0.102 e. The molecule has 3 N–H and O–H groups in total. The lowest BCUT2D eigenvalue weighted by Crippen LogP contribution is -2.32. The lowest BCUT2D eigenvalue weighted by Gasteiger charge is -2.19. The van der Waals surface area contributed by atoms with Gasteiger partial charge in [0.05, 0.1) is 33.5 Å². The van der Waals surface area contributed by atoms with Crippen molar-refractivity contribution >= 4 is 27.5 Å². The Hall–Kier alpha value is -0.870. The molecule has 116 valence electrons. The summed E-state index contributed by atoms with van der Waals surface area (Å²) in [7, 11) is 4.08. The van der Waals surface area contributed by atoms with Gasteiger partial charge in [-0.15, -0.1) is 5.10 Å². The molecule has 0 saturated heterocycles. The third-order valence-corrected chi connectivity index (χ3v) is 4.66. The first-order valence-corrected chi connectivity index (χ1v) is 8.28. The Labute approximate surface area is 136 Å². The molecule has 2 rings (SSSR count). The van der Waals surface area contributed by atoms with Gasteiger partial charge in [-0.1, -0.05) is 11.4 Å². The number of aryl methyl sites for hydroxylation is 1. The molecule has 0 fully saturated rings. The van der Waals surface area contributed by atoms with E-state index >= 15 is 0 Å². The molecule has 7 nitrogen and oxygen atoms in total. The lowest BCUT2D eigenvalue weighted by atomic mass is 10.1. The fourth-order valence-corrected chi connectivity index (χ4v) is 3.42. The minimum absolute atomic E-state index is 0.168. The molecule has 0 spiro atoms. The highest BCUT2D eigenvalue weighted by atomic mass is 79.9. The molecule has 1 unspecified atom stereocenters. The largest absolute Gasteiger partial charge is 0.308 e. The van der Waals surface area contributed by atoms with Crippen LogP contribution in [0.3, 0.4) is 0 Å². The van der Waals surface area contributed by atoms with Gasteiger partial charge in [0.15, 0.2) is 0 Å². The molecule has 21 heavy (non-hydrogen) atoms. The Kier molecular flexibility index (Phi) is 5.82. The van der Waals surface area contributed by atoms with Crippen LogP contribution >= 0.6 is 27.5 Å². The number of likely N-dealkylation sites (N-methyl/N-ethyl adjacent to an activating group) is 1. The molecule has 2 heterocycles. The average Bonchev–Trinajstić information content (AvgIpc) is 3.06. The summed E-state index contributed by atoms with van der Waals surface area (Å²) in [4.78, 5) is 3.16. The number of hydrogen-bond acceptors (Lipinski definition) is 7. The fraction of sp³-hybridized carbons (Fsp3) is 0.583. The van der Waals surface area contributed by atoms with Gasteiger partial charge in [0.25, 0.3) is 0 Å². The maximum atomic E-state index is 5.80. The molecule has 0 saturated carbocycles. The van der Waals surface area contributed by atoms with Crippen LogP contribution in [0.4, 0.5) is 0 Å². The molecule has 0 bridgehead atoms. The number of rotatable bonds is 7. The van der Waals surface area contributed by atoms with Crippen molar-refractivity contribution in [2.24, 2.45) is 5.84 Å². The topological polar surface area (TPSA) is 84.9 Å². The van der Waals surface area contributed by atoms with E-state index in [1.165, 1.54) is 11.5 Å². The van der Waals surface area contributed by atoms with Gasteiger partial charge in [0.1, 0.15) is 6.04 Å². The number of aromatic nitrogens is 4. The van der Waals surface area contributed by atoms with Crippen molar-refractivity contribution in [2.45, 2.75) is 25.9 Å². The number of hydrazine groups is 1. The summed E-state index contributed by atoms with van der Waals surface area (Å²) in [5.74, 6) is 5.80. The second-order valence-corrected chi connectivity index (χ2v) is 6.58. The van der Waals surface area contributed by atoms with Gasteiger partial charge in [-0.25, -0.2) is 5.43 Å². The van der Waals surface area contributed by atoms with Crippen LogP contribution in [0.25, 0.3) is 0 Å². The zero-order valence-electron chi connectivity index (χ0n) is 12.4. The first-order chi connectivity index (χ1) is 10.1. The van der Waals surface area contributed by atoms with Gasteiger partial charge in [0, 0.05) is 6.54 Å². The molecule has 2 aromatic heterocycles. The van der Waals surface area contributed by atoms with Crippen LogP contribution in [0, 0.1) is 0 Å². The molecular formula is C12H20BrN7S. The van der Waals surface area contributed by atoms with E-state index in [1.54, 1.807) is 6.20 Å². The minimum atomic E-state index is -0.168. The molecule has 0 amide bonds. The fourth-order valence-electron chi connectivity index (χ4n) is 2.09. The molecule has 0 aromatic carbocycles. The van der Waals surface area contributed by atoms with Crippen LogP contribution in [0.5, 0.6) is 0 Å². The third-order valence-electron chi connectivity index (χ3n) is 3.21. The molecule has 1 atom stereocenters. The van der Waals surface area contributed by atoms with Gasteiger partial charge >= 0.3 is 0 Å². The van der Waals surface area contributed by atoms with Crippen molar-refractivity contribution in [3.63, 3.8) is 0 Å². The van der Waals surface area contributed by atoms with Crippen LogP contribution in [0.2, 0.25) is 0 Å². The average molecular weight is 374 g/mol. The summed E-state index contributed by atoms with van der Waals surface area (Å²) < 4.78 is 6.94. The summed E-state index contributed by atoms with van der Waals surface area (Å²) >= 11 is 4.94. The number of nitrogens with two attached hydrogens (primary N) is 1. The van der Waals surface area contributed by atoms with Crippen LogP contribution in [-0.4, -0.2) is 44.9 Å². The van der Waals surface area contributed by atoms with E-state index in [4.69, 9.17) is 5.84 Å². The normalized spacial score (nSPS) is 13.0. The van der Waals surface area contributed by atoms with Crippen molar-refractivity contribution in [1.29, 1.82) is 0 Å². The van der Waals surface area contributed by atoms with Crippen LogP contribution < -0.4 is 11.3 Å². The first kappa shape index (κ1) is 16.5. The number of nitrogens with zero attached hydrogens (tertiary/aromatic N) is 5. The molecule has 0 aliphatic carbocycles. The molecule has 0 aliphatic heterocycles. The number of hydrogen-bond donors (Lipinski definition) is 2. The molecule has 2 aromatic rings. The Morgan fingerprint density at radius 1 is 1.52 bits per heavy atom. The van der Waals surface area contributed by atoms with Gasteiger partial charge < -0.3 is 4.90 Å². The highest BCUT2D eigenvalue weighted by Gasteiger charge is 2.25. The zero-order valence-corrected chi connectivity index (χ0v) is 14.8. The van der Waals surface area contributed by atoms with Gasteiger partial charge in [-0.05, 0) is 48.0 Å². The molecular weight excluding hydrogens is 354 g/mol. The van der Waals surface area contributed by atoms with Gasteiger partial charge in [-0.2, -0.15) is 5.10 Å². The van der Waals surface area contributed by atoms with Crippen molar-refractivity contribution in [2.75, 3.05) is 20.6 Å². The van der Waals surface area contributed by atoms with Crippen LogP contribution in [0.1, 0.15) is 29.2 Å². The summed E-state index contributed by atoms with van der Waals surface area (Å²) in [5.41, 5.74) is 4.84. The third kappa shape index (κ3) is 3.67. The van der Waals surface area contributed by atoms with E-state index in [2.05, 4.69) is 47.9 Å². The maximum absolute atomic E-state index is 5.80. The van der Waals surface area contributed by atoms with E-state index in [0.29, 0.717) is 0 Å². The van der Waals surface area contributed by atoms with Gasteiger partial charge in [-0.3, -0.25) is 10.5 Å². The predicted octanol–water partition coefficient (Wildman–Crippen LogP) is 1.17. The van der Waals surface area contributed by atoms with E-state index in [9.17, 15) is 0 Å². The predicted molar refractivity (Wildman–Crippen MR) is 86.9 cm³/mol. The van der Waals surface area contributed by atoms with Crippen molar-refractivity contribution in [3.05, 3.63) is 26.9 Å². The van der Waals surface area contributed by atoms with E-state index in [-0.39, 0.29) is 6.04 Å². The van der Waals surface area contributed by atoms with E-state index < -0.39 is 0 Å². The minimum Gasteiger partial charge on any atom is -0.308 e. The van der Waals surface area contributed by atoms with E-state index in [1.807, 2.05) is 18.8 Å². The lowest BCUT2D eigenvalue weighted by molar-refractivity contribution is 0.365. The molecule has 9 heteroatoms. The summed E-state index contributed by atoms with van der Waals surface area (Å²) in [6.45, 7) is 3.76. The first-order valence-electron chi connectivity index (χ1n) is 6.71. The van der Waals surface area contributed by atoms with Crippen LogP contribution in [-0.2, 0) is 13.0 Å². The Morgan fingerprint density at radius 3 is 2.90 bits per heavy atom. The SMILES string of the molecule is CCc1nnsc1C(NN)c1c(Br)cnn1CCN(C)C. The summed E-state index contributed by atoms with van der Waals surface area (Å²) in [5, 5.41) is 8.60. The standard InChI is InChI=1S/C12H20BrN7S/c1-4-9-12(21-18-17-9)10(16-14)11-8(13)7-15-20(11)6-5-19(2)3/h7,10,16H,4-6,14H2,1-3H3. The maximum Gasteiger partial charge on any atom is 0.102 e. The summed E-state index contributed by atoms with van der Waals surface area (Å²) in [6.07, 6.45) is 2.63. The highest BCUT2D eigenvalue weighted by molar-refractivity contribution is 9.10. The van der Waals surface area contributed by atoms with Crippen molar-refractivity contribution in [1.82, 2.24) is 29.7 Å². The summed E-state index contributed by atoms with van der Waals surface area (Å²) in [6, 6.07) is -0.168. The number of halogens is 1. The van der Waals surface area contributed by atoms with Crippen molar-refractivity contribution in [3.8, 4) is 0 Å². The van der Waals surface area contributed by atoms with E-state index in [0.717, 1.165) is 40.2 Å². The second-order valence-electron chi connectivity index (χ2n) is 4.94. The second kappa shape index (κ2) is 7.41. The monoisotopic (exact) mass is 373 g/mol.